The van der Waals surface area contributed by atoms with E-state index in [9.17, 15) is 4.79 Å². The predicted molar refractivity (Wildman–Crippen MR) is 74.7 cm³/mol. The Morgan fingerprint density at radius 1 is 1.33 bits per heavy atom. The van der Waals surface area contributed by atoms with E-state index in [1.165, 1.54) is 7.11 Å². The van der Waals surface area contributed by atoms with Crippen LogP contribution in [0.3, 0.4) is 0 Å². The third-order valence-electron chi connectivity index (χ3n) is 2.46. The fraction of sp³-hybridized carbons (Fsp3) is 0.462. The summed E-state index contributed by atoms with van der Waals surface area (Å²) in [4.78, 5) is 12.1. The van der Waals surface area contributed by atoms with E-state index in [2.05, 4.69) is 21.2 Å². The lowest BCUT2D eigenvalue weighted by atomic mass is 10.1. The molecule has 0 aliphatic heterocycles. The molecule has 1 aromatic rings. The Morgan fingerprint density at radius 2 is 2.00 bits per heavy atom. The number of Topliss-reactive ketones (excluding diaryl/α,β-unsaturated/α-hetero) is 1. The summed E-state index contributed by atoms with van der Waals surface area (Å²) in [5, 5.41) is 3.09. The van der Waals surface area contributed by atoms with Gasteiger partial charge in [-0.2, -0.15) is 0 Å². The molecular weight excluding hydrogens is 298 g/mol. The van der Waals surface area contributed by atoms with Gasteiger partial charge >= 0.3 is 0 Å². The van der Waals surface area contributed by atoms with Crippen molar-refractivity contribution in [1.29, 1.82) is 0 Å². The summed E-state index contributed by atoms with van der Waals surface area (Å²) in [6.07, 6.45) is 0. The first-order valence-corrected chi connectivity index (χ1v) is 6.47. The maximum Gasteiger partial charge on any atom is 0.180 e. The highest BCUT2D eigenvalue weighted by atomic mass is 79.9. The third-order valence-corrected chi connectivity index (χ3v) is 3.21. The minimum atomic E-state index is -0.0103. The number of benzene rings is 1. The molecule has 5 heteroatoms. The van der Waals surface area contributed by atoms with Crippen molar-refractivity contribution in [1.82, 2.24) is 5.32 Å². The molecule has 0 saturated carbocycles. The Balaban J connectivity index is 3.02. The van der Waals surface area contributed by atoms with Gasteiger partial charge in [-0.15, -0.1) is 0 Å². The minimum Gasteiger partial charge on any atom is -0.495 e. The molecule has 0 aliphatic rings. The average molecular weight is 316 g/mol. The average Bonchev–Trinajstić information content (AvgIpc) is 2.35. The van der Waals surface area contributed by atoms with E-state index in [-0.39, 0.29) is 18.4 Å². The summed E-state index contributed by atoms with van der Waals surface area (Å²) in [6.45, 7) is 4.27. The monoisotopic (exact) mass is 315 g/mol. The molecule has 0 amide bonds. The number of methoxy groups -OCH3 is 2. The molecule has 0 heterocycles. The van der Waals surface area contributed by atoms with Crippen LogP contribution in [0.4, 0.5) is 0 Å². The molecule has 0 unspecified atom stereocenters. The quantitative estimate of drug-likeness (QED) is 0.820. The van der Waals surface area contributed by atoms with E-state index in [1.54, 1.807) is 19.2 Å². The van der Waals surface area contributed by atoms with Crippen LogP contribution < -0.4 is 14.8 Å². The zero-order chi connectivity index (χ0) is 13.7. The fourth-order valence-corrected chi connectivity index (χ4v) is 2.18. The molecular formula is C13H18BrNO3. The van der Waals surface area contributed by atoms with Crippen LogP contribution in [0, 0.1) is 0 Å². The first-order valence-electron chi connectivity index (χ1n) is 5.68. The summed E-state index contributed by atoms with van der Waals surface area (Å²) in [5.74, 6) is 1.13. The number of nitrogens with one attached hydrogen (secondary N) is 1. The molecule has 0 radical (unpaired) electrons. The number of carbonyl (C=O) groups is 1. The Bertz CT molecular complexity index is 432. The summed E-state index contributed by atoms with van der Waals surface area (Å²) in [5.41, 5.74) is 0.540. The normalized spacial score (nSPS) is 10.6. The van der Waals surface area contributed by atoms with E-state index in [1.807, 2.05) is 13.8 Å². The molecule has 18 heavy (non-hydrogen) atoms. The van der Waals surface area contributed by atoms with Crippen LogP contribution in [0.5, 0.6) is 11.5 Å². The van der Waals surface area contributed by atoms with Crippen LogP contribution >= 0.6 is 15.9 Å². The second-order valence-electron chi connectivity index (χ2n) is 4.12. The lowest BCUT2D eigenvalue weighted by Gasteiger charge is -2.13. The summed E-state index contributed by atoms with van der Waals surface area (Å²) in [7, 11) is 3.10. The second kappa shape index (κ2) is 6.75. The summed E-state index contributed by atoms with van der Waals surface area (Å²) >= 11 is 3.38. The van der Waals surface area contributed by atoms with Gasteiger partial charge in [-0.05, 0) is 28.1 Å². The summed E-state index contributed by atoms with van der Waals surface area (Å²) < 4.78 is 11.1. The fourth-order valence-electron chi connectivity index (χ4n) is 1.51. The maximum absolute atomic E-state index is 12.1. The Labute approximate surface area is 116 Å². The number of carbonyl (C=O) groups excluding carboxylic acids is 1. The second-order valence-corrected chi connectivity index (χ2v) is 4.91. The van der Waals surface area contributed by atoms with Gasteiger partial charge in [-0.3, -0.25) is 4.79 Å². The summed E-state index contributed by atoms with van der Waals surface area (Å²) in [6, 6.07) is 3.73. The van der Waals surface area contributed by atoms with Crippen LogP contribution in [-0.2, 0) is 0 Å². The SMILES string of the molecule is COc1ccc(C(=O)CNC(C)C)c(OC)c1Br. The standard InChI is InChI=1S/C13H18BrNO3/c1-8(2)15-7-10(16)9-5-6-11(17-3)12(14)13(9)18-4/h5-6,8,15H,7H2,1-4H3. The van der Waals surface area contributed by atoms with E-state index in [0.29, 0.717) is 21.5 Å². The largest absolute Gasteiger partial charge is 0.495 e. The first kappa shape index (κ1) is 15.0. The predicted octanol–water partition coefficient (Wildman–Crippen LogP) is 2.65. The first-order chi connectivity index (χ1) is 8.51. The molecule has 0 bridgehead atoms. The molecule has 0 fully saturated rings. The van der Waals surface area contributed by atoms with E-state index in [0.717, 1.165) is 0 Å². The molecule has 1 rings (SSSR count). The zero-order valence-electron chi connectivity index (χ0n) is 11.0. The zero-order valence-corrected chi connectivity index (χ0v) is 12.6. The topological polar surface area (TPSA) is 47.6 Å². The number of hydrogen-bond acceptors (Lipinski definition) is 4. The van der Waals surface area contributed by atoms with Gasteiger partial charge in [0.05, 0.1) is 26.3 Å². The van der Waals surface area contributed by atoms with Crippen molar-refractivity contribution in [3.8, 4) is 11.5 Å². The molecule has 0 spiro atoms. The molecule has 0 aliphatic carbocycles. The van der Waals surface area contributed by atoms with Gasteiger partial charge in [0.2, 0.25) is 0 Å². The molecule has 1 aromatic carbocycles. The van der Waals surface area contributed by atoms with Crippen molar-refractivity contribution in [2.24, 2.45) is 0 Å². The van der Waals surface area contributed by atoms with Gasteiger partial charge in [0, 0.05) is 6.04 Å². The van der Waals surface area contributed by atoms with E-state index in [4.69, 9.17) is 9.47 Å². The molecule has 0 atom stereocenters. The van der Waals surface area contributed by atoms with Crippen LogP contribution in [-0.4, -0.2) is 32.6 Å². The molecule has 100 valence electrons. The van der Waals surface area contributed by atoms with Gasteiger partial charge in [0.25, 0.3) is 0 Å². The third kappa shape index (κ3) is 3.46. The van der Waals surface area contributed by atoms with Crippen molar-refractivity contribution < 1.29 is 14.3 Å². The highest BCUT2D eigenvalue weighted by molar-refractivity contribution is 9.10. The minimum absolute atomic E-state index is 0.0103. The molecule has 4 nitrogen and oxygen atoms in total. The van der Waals surface area contributed by atoms with Crippen LogP contribution in [0.15, 0.2) is 16.6 Å². The van der Waals surface area contributed by atoms with E-state index >= 15 is 0 Å². The number of rotatable bonds is 6. The highest BCUT2D eigenvalue weighted by Crippen LogP contribution is 2.37. The molecule has 0 saturated heterocycles. The highest BCUT2D eigenvalue weighted by Gasteiger charge is 2.18. The Morgan fingerprint density at radius 3 is 2.50 bits per heavy atom. The van der Waals surface area contributed by atoms with Crippen molar-refractivity contribution in [2.45, 2.75) is 19.9 Å². The molecule has 0 aromatic heterocycles. The van der Waals surface area contributed by atoms with Crippen LogP contribution in [0.2, 0.25) is 0 Å². The molecule has 1 N–H and O–H groups in total. The lowest BCUT2D eigenvalue weighted by Crippen LogP contribution is -2.29. The van der Waals surface area contributed by atoms with Gasteiger partial charge in [-0.1, -0.05) is 13.8 Å². The number of halogens is 1. The lowest BCUT2D eigenvalue weighted by molar-refractivity contribution is 0.0985. The number of hydrogen-bond donors (Lipinski definition) is 1. The van der Waals surface area contributed by atoms with Gasteiger partial charge in [0.1, 0.15) is 16.0 Å². The van der Waals surface area contributed by atoms with Gasteiger partial charge < -0.3 is 14.8 Å². The van der Waals surface area contributed by atoms with E-state index < -0.39 is 0 Å². The van der Waals surface area contributed by atoms with Crippen LogP contribution in [0.25, 0.3) is 0 Å². The van der Waals surface area contributed by atoms with Gasteiger partial charge in [0.15, 0.2) is 5.78 Å². The number of ether oxygens (including phenoxy) is 2. The number of ketones is 1. The van der Waals surface area contributed by atoms with Crippen molar-refractivity contribution in [3.05, 3.63) is 22.2 Å². The van der Waals surface area contributed by atoms with Crippen molar-refractivity contribution in [2.75, 3.05) is 20.8 Å². The van der Waals surface area contributed by atoms with Crippen molar-refractivity contribution in [3.63, 3.8) is 0 Å². The van der Waals surface area contributed by atoms with Crippen LogP contribution in [0.1, 0.15) is 24.2 Å². The Kier molecular flexibility index (Phi) is 5.62. The smallest absolute Gasteiger partial charge is 0.180 e. The van der Waals surface area contributed by atoms with Gasteiger partial charge in [-0.25, -0.2) is 0 Å². The van der Waals surface area contributed by atoms with Crippen molar-refractivity contribution >= 4 is 21.7 Å². The maximum atomic E-state index is 12.1. The Hall–Kier alpha value is -1.07.